The number of ether oxygens (including phenoxy) is 2. The molecule has 0 bridgehead atoms. The van der Waals surface area contributed by atoms with Crippen molar-refractivity contribution in [2.75, 3.05) is 19.5 Å². The van der Waals surface area contributed by atoms with Gasteiger partial charge in [0.15, 0.2) is 5.82 Å². The van der Waals surface area contributed by atoms with E-state index in [4.69, 9.17) is 21.1 Å². The first-order valence-electron chi connectivity index (χ1n) is 7.75. The number of aromatic nitrogens is 2. The number of halogens is 2. The lowest BCUT2D eigenvalue weighted by Gasteiger charge is -2.19. The Hall–Kier alpha value is -2.08. The average molecular weight is 354 g/mol. The van der Waals surface area contributed by atoms with Crippen molar-refractivity contribution in [2.45, 2.75) is 32.7 Å². The Morgan fingerprint density at radius 1 is 1.12 bits per heavy atom. The first-order chi connectivity index (χ1) is 11.5. The molecule has 0 unspecified atom stereocenters. The van der Waals surface area contributed by atoms with Gasteiger partial charge in [0, 0.05) is 11.6 Å². The molecule has 5 nitrogen and oxygen atoms in total. The third-order valence-electron chi connectivity index (χ3n) is 3.73. The van der Waals surface area contributed by atoms with Crippen LogP contribution in [0.1, 0.15) is 26.7 Å². The van der Waals surface area contributed by atoms with Gasteiger partial charge >= 0.3 is 0 Å². The van der Waals surface area contributed by atoms with Gasteiger partial charge in [-0.15, -0.1) is 0 Å². The van der Waals surface area contributed by atoms with E-state index in [1.807, 2.05) is 0 Å². The number of nitrogens with zero attached hydrogens (tertiary/aromatic N) is 2. The van der Waals surface area contributed by atoms with Crippen molar-refractivity contribution in [3.8, 4) is 23.0 Å². The molecule has 24 heavy (non-hydrogen) atoms. The van der Waals surface area contributed by atoms with Crippen molar-refractivity contribution in [1.82, 2.24) is 9.97 Å². The second-order valence-electron chi connectivity index (χ2n) is 5.22. The van der Waals surface area contributed by atoms with Crippen LogP contribution in [0.25, 0.3) is 11.3 Å². The summed E-state index contributed by atoms with van der Waals surface area (Å²) in [6.45, 7) is 4.18. The van der Waals surface area contributed by atoms with Gasteiger partial charge in [0.05, 0.1) is 19.2 Å². The molecule has 0 amide bonds. The first-order valence-corrected chi connectivity index (χ1v) is 8.13. The first kappa shape index (κ1) is 18.3. The summed E-state index contributed by atoms with van der Waals surface area (Å²) >= 11 is 6.14. The maximum absolute atomic E-state index is 13.3. The monoisotopic (exact) mass is 353 g/mol. The standard InChI is InChI=1S/C17H21ClFN3O2/c1-5-11(6-2)20-15-17(24-4)21-14(16(22-15)23-3)12-8-7-10(19)9-13(12)18/h7-9,11H,5-6H2,1-4H3,(H,20,22). The van der Waals surface area contributed by atoms with Crippen LogP contribution in [0.3, 0.4) is 0 Å². The number of rotatable bonds is 7. The molecule has 7 heteroatoms. The Kier molecular flexibility index (Phi) is 6.20. The van der Waals surface area contributed by atoms with Crippen LogP contribution in [0.5, 0.6) is 11.8 Å². The highest BCUT2D eigenvalue weighted by Gasteiger charge is 2.20. The van der Waals surface area contributed by atoms with Gasteiger partial charge in [-0.2, -0.15) is 4.98 Å². The lowest BCUT2D eigenvalue weighted by molar-refractivity contribution is 0.378. The van der Waals surface area contributed by atoms with Crippen LogP contribution in [0.2, 0.25) is 5.02 Å². The predicted octanol–water partition coefficient (Wildman–Crippen LogP) is 4.55. The number of nitrogens with one attached hydrogen (secondary N) is 1. The van der Waals surface area contributed by atoms with Crippen molar-refractivity contribution >= 4 is 17.4 Å². The zero-order chi connectivity index (χ0) is 17.7. The molecule has 1 aromatic heterocycles. The van der Waals surface area contributed by atoms with E-state index in [0.29, 0.717) is 23.0 Å². The minimum Gasteiger partial charge on any atom is -0.479 e. The number of anilines is 1. The van der Waals surface area contributed by atoms with Gasteiger partial charge < -0.3 is 14.8 Å². The molecule has 2 rings (SSSR count). The van der Waals surface area contributed by atoms with Gasteiger partial charge in [-0.25, -0.2) is 9.37 Å². The van der Waals surface area contributed by atoms with Gasteiger partial charge in [-0.1, -0.05) is 25.4 Å². The van der Waals surface area contributed by atoms with Crippen LogP contribution in [0.4, 0.5) is 10.2 Å². The summed E-state index contributed by atoms with van der Waals surface area (Å²) in [5.41, 5.74) is 0.921. The number of hydrogen-bond donors (Lipinski definition) is 1. The van der Waals surface area contributed by atoms with E-state index in [-0.39, 0.29) is 16.9 Å². The minimum atomic E-state index is -0.422. The summed E-state index contributed by atoms with van der Waals surface area (Å²) in [4.78, 5) is 8.93. The Balaban J connectivity index is 2.53. The molecule has 0 spiro atoms. The molecule has 1 aromatic carbocycles. The lowest BCUT2D eigenvalue weighted by Crippen LogP contribution is -2.19. The molecule has 0 aliphatic rings. The molecule has 0 aliphatic carbocycles. The van der Waals surface area contributed by atoms with Crippen molar-refractivity contribution in [3.63, 3.8) is 0 Å². The van der Waals surface area contributed by atoms with E-state index in [1.165, 1.54) is 32.4 Å². The van der Waals surface area contributed by atoms with Crippen LogP contribution in [-0.2, 0) is 0 Å². The molecule has 1 N–H and O–H groups in total. The number of hydrogen-bond acceptors (Lipinski definition) is 5. The zero-order valence-corrected chi connectivity index (χ0v) is 14.9. The molecule has 130 valence electrons. The summed E-state index contributed by atoms with van der Waals surface area (Å²) in [7, 11) is 3.02. The normalized spacial score (nSPS) is 10.8. The van der Waals surface area contributed by atoms with Crippen molar-refractivity contribution in [2.24, 2.45) is 0 Å². The molecule has 0 radical (unpaired) electrons. The lowest BCUT2D eigenvalue weighted by atomic mass is 10.1. The van der Waals surface area contributed by atoms with Gasteiger partial charge in [0.1, 0.15) is 11.5 Å². The number of methoxy groups -OCH3 is 2. The summed E-state index contributed by atoms with van der Waals surface area (Å²) < 4.78 is 24.0. The maximum atomic E-state index is 13.3. The van der Waals surface area contributed by atoms with Gasteiger partial charge in [-0.05, 0) is 31.0 Å². The van der Waals surface area contributed by atoms with E-state index >= 15 is 0 Å². The fourth-order valence-electron chi connectivity index (χ4n) is 2.33. The van der Waals surface area contributed by atoms with Crippen LogP contribution in [0, 0.1) is 5.82 Å². The molecule has 0 saturated heterocycles. The highest BCUT2D eigenvalue weighted by molar-refractivity contribution is 6.33. The maximum Gasteiger partial charge on any atom is 0.258 e. The summed E-state index contributed by atoms with van der Waals surface area (Å²) in [5, 5.41) is 3.53. The summed E-state index contributed by atoms with van der Waals surface area (Å²) in [5.74, 6) is 0.704. The van der Waals surface area contributed by atoms with E-state index < -0.39 is 5.82 Å². The second-order valence-corrected chi connectivity index (χ2v) is 5.63. The van der Waals surface area contributed by atoms with Crippen LogP contribution >= 0.6 is 11.6 Å². The zero-order valence-electron chi connectivity index (χ0n) is 14.2. The summed E-state index contributed by atoms with van der Waals surface area (Å²) in [6, 6.07) is 4.32. The van der Waals surface area contributed by atoms with Crippen molar-refractivity contribution < 1.29 is 13.9 Å². The molecule has 0 atom stereocenters. The Morgan fingerprint density at radius 2 is 1.79 bits per heavy atom. The third-order valence-corrected chi connectivity index (χ3v) is 4.04. The molecular weight excluding hydrogens is 333 g/mol. The Labute approximate surface area is 146 Å². The molecule has 0 aliphatic heterocycles. The van der Waals surface area contributed by atoms with Crippen molar-refractivity contribution in [1.29, 1.82) is 0 Å². The van der Waals surface area contributed by atoms with Gasteiger partial charge in [0.25, 0.3) is 5.88 Å². The van der Waals surface area contributed by atoms with Crippen LogP contribution in [0.15, 0.2) is 18.2 Å². The van der Waals surface area contributed by atoms with E-state index in [2.05, 4.69) is 29.1 Å². The quantitative estimate of drug-likeness (QED) is 0.791. The molecular formula is C17H21ClFN3O2. The van der Waals surface area contributed by atoms with Crippen LogP contribution in [-0.4, -0.2) is 30.2 Å². The Bertz CT molecular complexity index is 708. The average Bonchev–Trinajstić information content (AvgIpc) is 2.59. The number of benzene rings is 1. The van der Waals surface area contributed by atoms with Gasteiger partial charge in [-0.3, -0.25) is 0 Å². The van der Waals surface area contributed by atoms with Crippen molar-refractivity contribution in [3.05, 3.63) is 29.0 Å². The third kappa shape index (κ3) is 3.87. The van der Waals surface area contributed by atoms with E-state index in [0.717, 1.165) is 12.8 Å². The highest BCUT2D eigenvalue weighted by atomic mass is 35.5. The SMILES string of the molecule is CCC(CC)Nc1nc(OC)c(-c2ccc(F)cc2Cl)nc1OC. The van der Waals surface area contributed by atoms with E-state index in [1.54, 1.807) is 0 Å². The molecule has 2 aromatic rings. The van der Waals surface area contributed by atoms with E-state index in [9.17, 15) is 4.39 Å². The predicted molar refractivity (Wildman–Crippen MR) is 93.5 cm³/mol. The largest absolute Gasteiger partial charge is 0.479 e. The highest BCUT2D eigenvalue weighted by Crippen LogP contribution is 2.36. The molecule has 0 saturated carbocycles. The fraction of sp³-hybridized carbons (Fsp3) is 0.412. The molecule has 0 fully saturated rings. The van der Waals surface area contributed by atoms with Gasteiger partial charge in [0.2, 0.25) is 5.88 Å². The topological polar surface area (TPSA) is 56.3 Å². The smallest absolute Gasteiger partial charge is 0.258 e. The fourth-order valence-corrected chi connectivity index (χ4v) is 2.58. The minimum absolute atomic E-state index is 0.227. The van der Waals surface area contributed by atoms with Crippen LogP contribution < -0.4 is 14.8 Å². The second kappa shape index (κ2) is 8.15. The summed E-state index contributed by atoms with van der Waals surface area (Å²) in [6.07, 6.45) is 1.88. The Morgan fingerprint density at radius 3 is 2.33 bits per heavy atom. The molecule has 1 heterocycles.